The number of piperazine rings is 1. The van der Waals surface area contributed by atoms with Crippen LogP contribution >= 0.6 is 22.7 Å². The van der Waals surface area contributed by atoms with Crippen molar-refractivity contribution in [1.29, 1.82) is 0 Å². The van der Waals surface area contributed by atoms with E-state index in [0.29, 0.717) is 19.4 Å². The van der Waals surface area contributed by atoms with Gasteiger partial charge in [0.25, 0.3) is 0 Å². The first-order chi connectivity index (χ1) is 12.9. The predicted octanol–water partition coefficient (Wildman–Crippen LogP) is 1.19. The summed E-state index contributed by atoms with van der Waals surface area (Å²) in [5.74, 6) is -0.302. The molecule has 0 aliphatic carbocycles. The van der Waals surface area contributed by atoms with Crippen molar-refractivity contribution < 1.29 is 18.0 Å². The average molecular weight is 426 g/mol. The first-order valence-electron chi connectivity index (χ1n) is 8.63. The number of rotatable bonds is 5. The normalized spacial score (nSPS) is 25.9. The van der Waals surface area contributed by atoms with E-state index in [9.17, 15) is 18.0 Å². The fraction of sp³-hybridized carbons (Fsp3) is 0.412. The van der Waals surface area contributed by atoms with Crippen molar-refractivity contribution >= 4 is 44.5 Å². The molecular formula is C17H19N3O4S3. The van der Waals surface area contributed by atoms with Crippen LogP contribution in [0.1, 0.15) is 17.7 Å². The Hall–Kier alpha value is -1.75. The summed E-state index contributed by atoms with van der Waals surface area (Å²) in [5, 5.41) is 6.47. The van der Waals surface area contributed by atoms with Crippen molar-refractivity contribution in [3.8, 4) is 0 Å². The monoisotopic (exact) mass is 425 g/mol. The fourth-order valence-corrected chi connectivity index (χ4v) is 6.62. The van der Waals surface area contributed by atoms with Gasteiger partial charge in [-0.25, -0.2) is 13.1 Å². The first-order valence-corrected chi connectivity index (χ1v) is 11.9. The van der Waals surface area contributed by atoms with Crippen molar-refractivity contribution in [2.75, 3.05) is 6.54 Å². The highest BCUT2D eigenvalue weighted by Crippen LogP contribution is 2.26. The number of fused-ring (bicyclic) bond motifs is 1. The first kappa shape index (κ1) is 18.6. The Morgan fingerprint density at radius 1 is 1.19 bits per heavy atom. The second-order valence-electron chi connectivity index (χ2n) is 6.67. The number of piperidine rings is 1. The van der Waals surface area contributed by atoms with Gasteiger partial charge >= 0.3 is 0 Å². The molecule has 2 amide bonds. The van der Waals surface area contributed by atoms with Gasteiger partial charge in [0.15, 0.2) is 0 Å². The van der Waals surface area contributed by atoms with Gasteiger partial charge in [-0.1, -0.05) is 12.1 Å². The van der Waals surface area contributed by atoms with Crippen LogP contribution in [0.3, 0.4) is 0 Å². The second kappa shape index (κ2) is 7.34. The molecule has 0 bridgehead atoms. The lowest BCUT2D eigenvalue weighted by Crippen LogP contribution is -2.67. The molecule has 144 valence electrons. The van der Waals surface area contributed by atoms with E-state index in [1.165, 1.54) is 0 Å². The summed E-state index contributed by atoms with van der Waals surface area (Å²) in [7, 11) is -3.60. The molecule has 0 saturated carbocycles. The topological polar surface area (TPSA) is 95.6 Å². The minimum Gasteiger partial charge on any atom is -0.342 e. The number of carbonyl (C=O) groups excluding carboxylic acids is 2. The number of amides is 2. The summed E-state index contributed by atoms with van der Waals surface area (Å²) in [6.45, 7) is 0.371. The Bertz CT molecular complexity index is 925. The molecule has 2 aliphatic heterocycles. The van der Waals surface area contributed by atoms with Gasteiger partial charge in [0.05, 0.1) is 0 Å². The van der Waals surface area contributed by atoms with Gasteiger partial charge in [0.1, 0.15) is 16.3 Å². The number of nitrogens with zero attached hydrogens (tertiary/aromatic N) is 1. The third-order valence-corrected chi connectivity index (χ3v) is 8.69. The Balaban J connectivity index is 1.43. The summed E-state index contributed by atoms with van der Waals surface area (Å²) in [5.41, 5.74) is 0. The van der Waals surface area contributed by atoms with Gasteiger partial charge in [-0.2, -0.15) is 0 Å². The van der Waals surface area contributed by atoms with Crippen LogP contribution in [-0.2, 0) is 26.0 Å². The molecule has 0 unspecified atom stereocenters. The Kier molecular flexibility index (Phi) is 5.06. The predicted molar refractivity (Wildman–Crippen MR) is 103 cm³/mol. The highest BCUT2D eigenvalue weighted by Gasteiger charge is 2.44. The molecule has 4 heterocycles. The highest BCUT2D eigenvalue weighted by atomic mass is 32.2. The third kappa shape index (κ3) is 3.79. The van der Waals surface area contributed by atoms with Gasteiger partial charge in [-0.05, 0) is 35.7 Å². The molecule has 2 aliphatic rings. The van der Waals surface area contributed by atoms with Gasteiger partial charge in [0.2, 0.25) is 21.8 Å². The molecule has 3 atom stereocenters. The summed E-state index contributed by atoms with van der Waals surface area (Å²) < 4.78 is 27.8. The molecule has 2 aromatic rings. The van der Waals surface area contributed by atoms with Gasteiger partial charge < -0.3 is 10.2 Å². The standard InChI is InChI=1S/C17H19N3O4S3/c21-16-14-9-11(19-27(23,24)15-4-2-8-26-15)5-6-20(14)17(22)13(18-16)10-12-3-1-7-25-12/h1-4,7-8,11,13-14,19H,5-6,9-10H2,(H,18,21)/t11-,13-,14-/m0/s1. The number of nitrogens with one attached hydrogen (secondary N) is 2. The zero-order chi connectivity index (χ0) is 19.0. The average Bonchev–Trinajstić information content (AvgIpc) is 3.33. The van der Waals surface area contributed by atoms with Crippen molar-refractivity contribution in [2.24, 2.45) is 0 Å². The van der Waals surface area contributed by atoms with E-state index in [-0.39, 0.29) is 28.5 Å². The van der Waals surface area contributed by atoms with E-state index in [0.717, 1.165) is 16.2 Å². The lowest BCUT2D eigenvalue weighted by atomic mass is 9.93. The maximum Gasteiger partial charge on any atom is 0.250 e. The second-order valence-corrected chi connectivity index (χ2v) is 10.6. The van der Waals surface area contributed by atoms with Crippen molar-refractivity contribution in [1.82, 2.24) is 14.9 Å². The summed E-state index contributed by atoms with van der Waals surface area (Å²) in [6.07, 6.45) is 1.26. The minimum absolute atomic E-state index is 0.0902. The molecule has 2 N–H and O–H groups in total. The zero-order valence-corrected chi connectivity index (χ0v) is 16.8. The summed E-state index contributed by atoms with van der Waals surface area (Å²) in [6, 6.07) is 5.56. The molecular weight excluding hydrogens is 406 g/mol. The highest BCUT2D eigenvalue weighted by molar-refractivity contribution is 7.91. The minimum atomic E-state index is -3.60. The molecule has 2 aromatic heterocycles. The van der Waals surface area contributed by atoms with Crippen LogP contribution in [-0.4, -0.2) is 49.8 Å². The molecule has 0 aromatic carbocycles. The smallest absolute Gasteiger partial charge is 0.250 e. The van der Waals surface area contributed by atoms with Crippen LogP contribution in [0, 0.1) is 0 Å². The van der Waals surface area contributed by atoms with E-state index >= 15 is 0 Å². The molecule has 0 spiro atoms. The van der Waals surface area contributed by atoms with Crippen LogP contribution in [0.25, 0.3) is 0 Å². The van der Waals surface area contributed by atoms with E-state index in [1.54, 1.807) is 33.7 Å². The Labute approximate surface area is 165 Å². The third-order valence-electron chi connectivity index (χ3n) is 4.87. The number of carbonyl (C=O) groups is 2. The zero-order valence-electron chi connectivity index (χ0n) is 14.3. The van der Waals surface area contributed by atoms with Crippen molar-refractivity contribution in [3.05, 3.63) is 39.9 Å². The van der Waals surface area contributed by atoms with Crippen molar-refractivity contribution in [3.63, 3.8) is 0 Å². The van der Waals surface area contributed by atoms with Gasteiger partial charge in [-0.15, -0.1) is 22.7 Å². The number of hydrogen-bond acceptors (Lipinski definition) is 6. The van der Waals surface area contributed by atoms with E-state index in [2.05, 4.69) is 10.0 Å². The van der Waals surface area contributed by atoms with Crippen LogP contribution in [0.4, 0.5) is 0 Å². The van der Waals surface area contributed by atoms with Crippen molar-refractivity contribution in [2.45, 2.75) is 41.6 Å². The molecule has 2 saturated heterocycles. The van der Waals surface area contributed by atoms with Crippen LogP contribution in [0.5, 0.6) is 0 Å². The van der Waals surface area contributed by atoms with Crippen LogP contribution in [0.15, 0.2) is 39.2 Å². The van der Waals surface area contributed by atoms with E-state index in [1.807, 2.05) is 17.5 Å². The van der Waals surface area contributed by atoms with Crippen LogP contribution < -0.4 is 10.0 Å². The molecule has 27 heavy (non-hydrogen) atoms. The van der Waals surface area contributed by atoms with Crippen LogP contribution in [0.2, 0.25) is 0 Å². The summed E-state index contributed by atoms with van der Waals surface area (Å²) in [4.78, 5) is 28.0. The number of hydrogen-bond donors (Lipinski definition) is 2. The number of sulfonamides is 1. The lowest BCUT2D eigenvalue weighted by molar-refractivity contribution is -0.151. The van der Waals surface area contributed by atoms with Gasteiger partial charge in [-0.3, -0.25) is 9.59 Å². The largest absolute Gasteiger partial charge is 0.342 e. The molecule has 0 radical (unpaired) electrons. The quantitative estimate of drug-likeness (QED) is 0.752. The van der Waals surface area contributed by atoms with E-state index in [4.69, 9.17) is 0 Å². The lowest BCUT2D eigenvalue weighted by Gasteiger charge is -2.44. The molecule has 7 nitrogen and oxygen atoms in total. The summed E-state index contributed by atoms with van der Waals surface area (Å²) >= 11 is 2.71. The van der Waals surface area contributed by atoms with Gasteiger partial charge in [0, 0.05) is 23.9 Å². The van der Waals surface area contributed by atoms with E-state index < -0.39 is 22.1 Å². The molecule has 10 heteroatoms. The fourth-order valence-electron chi connectivity index (χ4n) is 3.58. The maximum absolute atomic E-state index is 12.8. The molecule has 2 fully saturated rings. The maximum atomic E-state index is 12.8. The number of thiophene rings is 2. The molecule has 4 rings (SSSR count). The Morgan fingerprint density at radius 3 is 2.67 bits per heavy atom. The SMILES string of the molecule is O=C1N[C@@H](Cc2cccs2)C(=O)N2CC[C@H](NS(=O)(=O)c3cccs3)C[C@@H]12. The Morgan fingerprint density at radius 2 is 1.96 bits per heavy atom.